The zero-order valence-electron chi connectivity index (χ0n) is 11.9. The van der Waals surface area contributed by atoms with Crippen LogP contribution in [0.25, 0.3) is 0 Å². The highest BCUT2D eigenvalue weighted by Crippen LogP contribution is 2.38. The Kier molecular flexibility index (Phi) is 3.85. The van der Waals surface area contributed by atoms with Gasteiger partial charge in [-0.05, 0) is 32.6 Å². The van der Waals surface area contributed by atoms with E-state index in [1.807, 2.05) is 25.7 Å². The molecule has 0 aromatic rings. The standard InChI is InChI=1S/C14H23NO4/c1-9-6-10(11(7-9)13(17)18)12(16)15-4-5-19-8-14(15,2)3/h9-11H,4-8H2,1-3H3,(H,17,18). The summed E-state index contributed by atoms with van der Waals surface area (Å²) < 4.78 is 5.41. The summed E-state index contributed by atoms with van der Waals surface area (Å²) in [6.07, 6.45) is 1.29. The maximum Gasteiger partial charge on any atom is 0.307 e. The topological polar surface area (TPSA) is 66.8 Å². The predicted molar refractivity (Wildman–Crippen MR) is 69.6 cm³/mol. The minimum atomic E-state index is -0.839. The van der Waals surface area contributed by atoms with Gasteiger partial charge < -0.3 is 14.7 Å². The Bertz CT molecular complexity index is 380. The number of amides is 1. The van der Waals surface area contributed by atoms with Crippen LogP contribution in [0.2, 0.25) is 0 Å². The van der Waals surface area contributed by atoms with Crippen LogP contribution in [0.3, 0.4) is 0 Å². The molecule has 0 aromatic heterocycles. The number of hydrogen-bond acceptors (Lipinski definition) is 3. The zero-order chi connectivity index (χ0) is 14.2. The van der Waals surface area contributed by atoms with Gasteiger partial charge in [-0.25, -0.2) is 0 Å². The van der Waals surface area contributed by atoms with Crippen molar-refractivity contribution in [2.24, 2.45) is 17.8 Å². The van der Waals surface area contributed by atoms with Gasteiger partial charge in [0.1, 0.15) is 0 Å². The SMILES string of the molecule is CC1CC(C(=O)O)C(C(=O)N2CCOCC2(C)C)C1. The fourth-order valence-electron chi connectivity index (χ4n) is 3.30. The Balaban J connectivity index is 2.16. The maximum atomic E-state index is 12.7. The largest absolute Gasteiger partial charge is 0.481 e. The van der Waals surface area contributed by atoms with Crippen molar-refractivity contribution in [2.45, 2.75) is 39.2 Å². The number of aliphatic carboxylic acids is 1. The molecule has 108 valence electrons. The minimum absolute atomic E-state index is 0.00921. The Hall–Kier alpha value is -1.10. The van der Waals surface area contributed by atoms with Gasteiger partial charge in [-0.2, -0.15) is 0 Å². The van der Waals surface area contributed by atoms with Crippen molar-refractivity contribution in [3.8, 4) is 0 Å². The molecule has 0 bridgehead atoms. The number of nitrogens with zero attached hydrogens (tertiary/aromatic N) is 1. The Morgan fingerprint density at radius 3 is 2.47 bits per heavy atom. The average Bonchev–Trinajstić information content (AvgIpc) is 2.70. The lowest BCUT2D eigenvalue weighted by Gasteiger charge is -2.43. The number of morpholine rings is 1. The lowest BCUT2D eigenvalue weighted by atomic mass is 9.92. The van der Waals surface area contributed by atoms with Gasteiger partial charge in [-0.1, -0.05) is 6.92 Å². The van der Waals surface area contributed by atoms with Gasteiger partial charge in [0.25, 0.3) is 0 Å². The molecular weight excluding hydrogens is 246 g/mol. The molecule has 1 aliphatic heterocycles. The molecule has 5 heteroatoms. The van der Waals surface area contributed by atoms with Gasteiger partial charge in [-0.15, -0.1) is 0 Å². The second kappa shape index (κ2) is 5.12. The second-order valence-electron chi connectivity index (χ2n) is 6.48. The first-order valence-corrected chi connectivity index (χ1v) is 6.95. The summed E-state index contributed by atoms with van der Waals surface area (Å²) in [5, 5.41) is 9.28. The molecule has 3 unspecified atom stereocenters. The molecule has 2 rings (SSSR count). The fraction of sp³-hybridized carbons (Fsp3) is 0.857. The normalized spacial score (nSPS) is 34.3. The van der Waals surface area contributed by atoms with Crippen molar-refractivity contribution >= 4 is 11.9 Å². The van der Waals surface area contributed by atoms with Gasteiger partial charge in [0.05, 0.1) is 30.6 Å². The molecule has 1 aliphatic carbocycles. The number of rotatable bonds is 2. The van der Waals surface area contributed by atoms with Gasteiger partial charge in [0.15, 0.2) is 0 Å². The van der Waals surface area contributed by atoms with E-state index in [2.05, 4.69) is 0 Å². The van der Waals surface area contributed by atoms with E-state index < -0.39 is 11.9 Å². The third kappa shape index (κ3) is 2.76. The first kappa shape index (κ1) is 14.3. The summed E-state index contributed by atoms with van der Waals surface area (Å²) in [6.45, 7) is 7.57. The highest BCUT2D eigenvalue weighted by atomic mass is 16.5. The first-order chi connectivity index (χ1) is 8.83. The smallest absolute Gasteiger partial charge is 0.307 e. The highest BCUT2D eigenvalue weighted by Gasteiger charge is 2.46. The summed E-state index contributed by atoms with van der Waals surface area (Å²) in [7, 11) is 0. The van der Waals surface area contributed by atoms with Gasteiger partial charge in [0, 0.05) is 6.54 Å². The van der Waals surface area contributed by atoms with Crippen LogP contribution >= 0.6 is 0 Å². The van der Waals surface area contributed by atoms with Crippen molar-refractivity contribution in [2.75, 3.05) is 19.8 Å². The molecule has 3 atom stereocenters. The predicted octanol–water partition coefficient (Wildman–Crippen LogP) is 1.37. The lowest BCUT2D eigenvalue weighted by molar-refractivity contribution is -0.157. The number of carboxylic acid groups (broad SMARTS) is 1. The minimum Gasteiger partial charge on any atom is -0.481 e. The third-order valence-corrected chi connectivity index (χ3v) is 4.34. The average molecular weight is 269 g/mol. The van der Waals surface area contributed by atoms with E-state index in [-0.39, 0.29) is 17.4 Å². The van der Waals surface area contributed by atoms with E-state index in [9.17, 15) is 14.7 Å². The van der Waals surface area contributed by atoms with Crippen molar-refractivity contribution in [3.05, 3.63) is 0 Å². The Labute approximate surface area is 113 Å². The molecule has 5 nitrogen and oxygen atoms in total. The summed E-state index contributed by atoms with van der Waals surface area (Å²) in [5.74, 6) is -1.44. The molecule has 0 spiro atoms. The van der Waals surface area contributed by atoms with Crippen LogP contribution in [0.4, 0.5) is 0 Å². The molecule has 19 heavy (non-hydrogen) atoms. The summed E-state index contributed by atoms with van der Waals surface area (Å²) >= 11 is 0. The van der Waals surface area contributed by atoms with Crippen LogP contribution in [-0.4, -0.2) is 47.2 Å². The molecule has 2 fully saturated rings. The molecule has 0 radical (unpaired) electrons. The first-order valence-electron chi connectivity index (χ1n) is 6.95. The van der Waals surface area contributed by atoms with E-state index in [1.54, 1.807) is 0 Å². The molecule has 1 heterocycles. The molecule has 1 amide bonds. The van der Waals surface area contributed by atoms with Crippen molar-refractivity contribution in [3.63, 3.8) is 0 Å². The molecule has 1 saturated carbocycles. The van der Waals surface area contributed by atoms with E-state index in [0.29, 0.717) is 38.5 Å². The quantitative estimate of drug-likeness (QED) is 0.822. The number of carbonyl (C=O) groups is 2. The monoisotopic (exact) mass is 269 g/mol. The van der Waals surface area contributed by atoms with Crippen LogP contribution in [0, 0.1) is 17.8 Å². The van der Waals surface area contributed by atoms with Crippen LogP contribution in [0.15, 0.2) is 0 Å². The molecular formula is C14H23NO4. The van der Waals surface area contributed by atoms with Crippen LogP contribution < -0.4 is 0 Å². The maximum absolute atomic E-state index is 12.7. The zero-order valence-corrected chi connectivity index (χ0v) is 11.9. The molecule has 1 saturated heterocycles. The molecule has 1 N–H and O–H groups in total. The molecule has 2 aliphatic rings. The fourth-order valence-corrected chi connectivity index (χ4v) is 3.30. The summed E-state index contributed by atoms with van der Waals surface area (Å²) in [6, 6.07) is 0. The number of ether oxygens (including phenoxy) is 1. The van der Waals surface area contributed by atoms with Gasteiger partial charge >= 0.3 is 5.97 Å². The van der Waals surface area contributed by atoms with E-state index in [0.717, 1.165) is 0 Å². The number of carbonyl (C=O) groups excluding carboxylic acids is 1. The Morgan fingerprint density at radius 2 is 1.89 bits per heavy atom. The van der Waals surface area contributed by atoms with Crippen molar-refractivity contribution in [1.82, 2.24) is 4.90 Å². The van der Waals surface area contributed by atoms with Crippen LogP contribution in [0.1, 0.15) is 33.6 Å². The number of hydrogen-bond donors (Lipinski definition) is 1. The third-order valence-electron chi connectivity index (χ3n) is 4.34. The van der Waals surface area contributed by atoms with Crippen molar-refractivity contribution in [1.29, 1.82) is 0 Å². The Morgan fingerprint density at radius 1 is 1.26 bits per heavy atom. The van der Waals surface area contributed by atoms with E-state index in [4.69, 9.17) is 4.74 Å². The van der Waals surface area contributed by atoms with Crippen LogP contribution in [-0.2, 0) is 14.3 Å². The van der Waals surface area contributed by atoms with Crippen molar-refractivity contribution < 1.29 is 19.4 Å². The van der Waals surface area contributed by atoms with Crippen LogP contribution in [0.5, 0.6) is 0 Å². The van der Waals surface area contributed by atoms with Gasteiger partial charge in [0.2, 0.25) is 5.91 Å². The number of carboxylic acids is 1. The highest BCUT2D eigenvalue weighted by molar-refractivity contribution is 5.86. The lowest BCUT2D eigenvalue weighted by Crippen LogP contribution is -2.57. The molecule has 0 aromatic carbocycles. The van der Waals surface area contributed by atoms with E-state index >= 15 is 0 Å². The second-order valence-corrected chi connectivity index (χ2v) is 6.48. The van der Waals surface area contributed by atoms with E-state index in [1.165, 1.54) is 0 Å². The summed E-state index contributed by atoms with van der Waals surface area (Å²) in [5.41, 5.74) is -0.343. The summed E-state index contributed by atoms with van der Waals surface area (Å²) in [4.78, 5) is 25.8. The van der Waals surface area contributed by atoms with Gasteiger partial charge in [-0.3, -0.25) is 9.59 Å².